The predicted octanol–water partition coefficient (Wildman–Crippen LogP) is 4.40. The number of amides is 1. The Kier molecular flexibility index (Phi) is 6.40. The predicted molar refractivity (Wildman–Crippen MR) is 107 cm³/mol. The molecule has 4 nitrogen and oxygen atoms in total. The highest BCUT2D eigenvalue weighted by Gasteiger charge is 2.53. The molecule has 0 bridgehead atoms. The van der Waals surface area contributed by atoms with Gasteiger partial charge in [0.15, 0.2) is 11.5 Å². The van der Waals surface area contributed by atoms with Crippen LogP contribution < -0.4 is 14.8 Å². The van der Waals surface area contributed by atoms with Gasteiger partial charge in [0.2, 0.25) is 5.91 Å². The second-order valence-electron chi connectivity index (χ2n) is 7.58. The van der Waals surface area contributed by atoms with Gasteiger partial charge in [0, 0.05) is 24.4 Å². The van der Waals surface area contributed by atoms with E-state index in [2.05, 4.69) is 5.32 Å². The lowest BCUT2D eigenvalue weighted by molar-refractivity contribution is -0.121. The fraction of sp³-hybridized carbons (Fsp3) is 0.435. The number of hydrogen-bond acceptors (Lipinski definition) is 3. The summed E-state index contributed by atoms with van der Waals surface area (Å²) in [5.41, 5.74) is 0.998. The van der Waals surface area contributed by atoms with Gasteiger partial charge in [0.1, 0.15) is 11.6 Å². The van der Waals surface area contributed by atoms with E-state index in [4.69, 9.17) is 9.47 Å². The minimum atomic E-state index is -0.593. The summed E-state index contributed by atoms with van der Waals surface area (Å²) >= 11 is 0. The first kappa shape index (κ1) is 21.1. The Labute approximate surface area is 170 Å². The highest BCUT2D eigenvalue weighted by Crippen LogP contribution is 2.54. The lowest BCUT2D eigenvalue weighted by atomic mass is 9.92. The topological polar surface area (TPSA) is 47.6 Å². The molecule has 6 heteroatoms. The Morgan fingerprint density at radius 1 is 1.21 bits per heavy atom. The molecule has 1 aliphatic rings. The molecule has 1 saturated carbocycles. The van der Waals surface area contributed by atoms with Crippen molar-refractivity contribution < 1.29 is 23.0 Å². The third kappa shape index (κ3) is 4.69. The van der Waals surface area contributed by atoms with Crippen LogP contribution in [0, 0.1) is 17.6 Å². The van der Waals surface area contributed by atoms with E-state index < -0.39 is 17.0 Å². The van der Waals surface area contributed by atoms with Crippen LogP contribution >= 0.6 is 0 Å². The average Bonchev–Trinajstić information content (AvgIpc) is 3.36. The first-order valence-electron chi connectivity index (χ1n) is 9.91. The number of hydrogen-bond donors (Lipinski definition) is 1. The van der Waals surface area contributed by atoms with Crippen molar-refractivity contribution in [2.75, 3.05) is 20.3 Å². The van der Waals surface area contributed by atoms with Crippen molar-refractivity contribution in [1.82, 2.24) is 5.32 Å². The molecule has 2 aromatic rings. The average molecular weight is 403 g/mol. The molecule has 2 atom stereocenters. The van der Waals surface area contributed by atoms with Crippen LogP contribution in [-0.2, 0) is 16.6 Å². The molecule has 3 rings (SSSR count). The summed E-state index contributed by atoms with van der Waals surface area (Å²) in [7, 11) is 1.58. The van der Waals surface area contributed by atoms with E-state index in [1.54, 1.807) is 7.11 Å². The van der Waals surface area contributed by atoms with Crippen LogP contribution in [-0.4, -0.2) is 26.2 Å². The Balaban J connectivity index is 1.57. The number of rotatable bonds is 9. The van der Waals surface area contributed by atoms with Crippen LogP contribution in [0.2, 0.25) is 0 Å². The van der Waals surface area contributed by atoms with Crippen LogP contribution in [0.15, 0.2) is 36.4 Å². The minimum absolute atomic E-state index is 0.0983. The number of benzene rings is 2. The van der Waals surface area contributed by atoms with E-state index in [9.17, 15) is 13.6 Å². The summed E-state index contributed by atoms with van der Waals surface area (Å²) in [6, 6.07) is 9.30. The summed E-state index contributed by atoms with van der Waals surface area (Å²) < 4.78 is 38.3. The molecule has 0 heterocycles. The molecule has 1 N–H and O–H groups in total. The van der Waals surface area contributed by atoms with Gasteiger partial charge >= 0.3 is 0 Å². The van der Waals surface area contributed by atoms with E-state index in [1.165, 1.54) is 12.1 Å². The maximum absolute atomic E-state index is 14.2. The zero-order valence-electron chi connectivity index (χ0n) is 17.1. The van der Waals surface area contributed by atoms with Crippen LogP contribution in [0.5, 0.6) is 11.5 Å². The molecule has 0 spiro atoms. The van der Waals surface area contributed by atoms with Gasteiger partial charge in [-0.2, -0.15) is 0 Å². The summed E-state index contributed by atoms with van der Waals surface area (Å²) in [6.07, 6.45) is 1.64. The molecular formula is C23H27F2NO3. The summed E-state index contributed by atoms with van der Waals surface area (Å²) in [4.78, 5) is 12.4. The SMILES string of the molecule is CCOc1ccc(CCC(=O)NCC2(c3ccc(F)cc3F)CC2C)cc1OC. The quantitative estimate of drug-likeness (QED) is 0.675. The summed E-state index contributed by atoms with van der Waals surface area (Å²) in [6.45, 7) is 4.82. The molecule has 0 radical (unpaired) electrons. The molecule has 0 saturated heterocycles. The highest BCUT2D eigenvalue weighted by atomic mass is 19.1. The molecule has 29 heavy (non-hydrogen) atoms. The fourth-order valence-electron chi connectivity index (χ4n) is 3.84. The van der Waals surface area contributed by atoms with E-state index in [-0.39, 0.29) is 11.8 Å². The van der Waals surface area contributed by atoms with Gasteiger partial charge < -0.3 is 14.8 Å². The Hall–Kier alpha value is -2.63. The van der Waals surface area contributed by atoms with Crippen LogP contribution in [0.25, 0.3) is 0 Å². The molecule has 0 aliphatic heterocycles. The van der Waals surface area contributed by atoms with Gasteiger partial charge in [0.05, 0.1) is 13.7 Å². The molecule has 1 aliphatic carbocycles. The largest absolute Gasteiger partial charge is 0.493 e. The van der Waals surface area contributed by atoms with Gasteiger partial charge in [-0.05, 0) is 55.0 Å². The number of halogens is 2. The molecule has 2 aromatic carbocycles. The van der Waals surface area contributed by atoms with Crippen LogP contribution in [0.1, 0.15) is 37.8 Å². The molecule has 1 fully saturated rings. The lowest BCUT2D eigenvalue weighted by Gasteiger charge is -2.19. The number of carbonyl (C=O) groups excluding carboxylic acids is 1. The smallest absolute Gasteiger partial charge is 0.220 e. The highest BCUT2D eigenvalue weighted by molar-refractivity contribution is 5.76. The third-order valence-electron chi connectivity index (χ3n) is 5.69. The van der Waals surface area contributed by atoms with Crippen molar-refractivity contribution in [3.05, 3.63) is 59.2 Å². The van der Waals surface area contributed by atoms with Crippen molar-refractivity contribution in [1.29, 1.82) is 0 Å². The normalized spacial score (nSPS) is 20.2. The van der Waals surface area contributed by atoms with Gasteiger partial charge in [-0.1, -0.05) is 19.1 Å². The van der Waals surface area contributed by atoms with E-state index in [0.29, 0.717) is 43.1 Å². The first-order valence-corrected chi connectivity index (χ1v) is 9.91. The molecular weight excluding hydrogens is 376 g/mol. The second kappa shape index (κ2) is 8.80. The number of carbonyl (C=O) groups is 1. The van der Waals surface area contributed by atoms with Gasteiger partial charge in [0.25, 0.3) is 0 Å². The Bertz CT molecular complexity index is 886. The number of nitrogens with one attached hydrogen (secondary N) is 1. The second-order valence-corrected chi connectivity index (χ2v) is 7.58. The zero-order valence-corrected chi connectivity index (χ0v) is 17.1. The fourth-order valence-corrected chi connectivity index (χ4v) is 3.84. The van der Waals surface area contributed by atoms with Crippen LogP contribution in [0.4, 0.5) is 8.78 Å². The van der Waals surface area contributed by atoms with Crippen LogP contribution in [0.3, 0.4) is 0 Å². The van der Waals surface area contributed by atoms with E-state index in [1.807, 2.05) is 32.0 Å². The van der Waals surface area contributed by atoms with Crippen molar-refractivity contribution in [3.8, 4) is 11.5 Å². The zero-order chi connectivity index (χ0) is 21.0. The molecule has 156 valence electrons. The Morgan fingerprint density at radius 3 is 2.59 bits per heavy atom. The van der Waals surface area contributed by atoms with Crippen molar-refractivity contribution >= 4 is 5.91 Å². The third-order valence-corrected chi connectivity index (χ3v) is 5.69. The van der Waals surface area contributed by atoms with E-state index >= 15 is 0 Å². The molecule has 0 aromatic heterocycles. The summed E-state index contributed by atoms with van der Waals surface area (Å²) in [5, 5.41) is 2.93. The summed E-state index contributed by atoms with van der Waals surface area (Å²) in [5.74, 6) is 0.308. The van der Waals surface area contributed by atoms with Gasteiger partial charge in [-0.25, -0.2) is 8.78 Å². The Morgan fingerprint density at radius 2 is 1.97 bits per heavy atom. The van der Waals surface area contributed by atoms with Gasteiger partial charge in [-0.15, -0.1) is 0 Å². The van der Waals surface area contributed by atoms with Crippen molar-refractivity contribution in [3.63, 3.8) is 0 Å². The standard InChI is InChI=1S/C23H27F2NO3/c1-4-29-20-9-5-16(11-21(20)28-3)6-10-22(27)26-14-23(13-15(23)2)18-8-7-17(24)12-19(18)25/h5,7-9,11-12,15H,4,6,10,13-14H2,1-3H3,(H,26,27). The van der Waals surface area contributed by atoms with Crippen molar-refractivity contribution in [2.45, 2.75) is 38.5 Å². The minimum Gasteiger partial charge on any atom is -0.493 e. The number of aryl methyl sites for hydroxylation is 1. The van der Waals surface area contributed by atoms with E-state index in [0.717, 1.165) is 18.1 Å². The number of ether oxygens (including phenoxy) is 2. The molecule has 1 amide bonds. The maximum atomic E-state index is 14.2. The van der Waals surface area contributed by atoms with Crippen molar-refractivity contribution in [2.24, 2.45) is 5.92 Å². The first-order chi connectivity index (χ1) is 13.9. The lowest BCUT2D eigenvalue weighted by Crippen LogP contribution is -2.34. The van der Waals surface area contributed by atoms with Gasteiger partial charge in [-0.3, -0.25) is 4.79 Å². The number of methoxy groups -OCH3 is 1. The maximum Gasteiger partial charge on any atom is 0.220 e. The molecule has 2 unspecified atom stereocenters. The monoisotopic (exact) mass is 403 g/mol.